The Morgan fingerprint density at radius 3 is 2.33 bits per heavy atom. The Kier molecular flexibility index (Phi) is 2.73. The van der Waals surface area contributed by atoms with Crippen molar-refractivity contribution in [1.29, 1.82) is 0 Å². The molecule has 0 aromatic carbocycles. The molecular weight excluding hydrogens is 152 g/mol. The van der Waals surface area contributed by atoms with Crippen molar-refractivity contribution in [1.82, 2.24) is 5.32 Å². The van der Waals surface area contributed by atoms with Crippen LogP contribution in [-0.4, -0.2) is 17.5 Å². The van der Waals surface area contributed by atoms with Crippen LogP contribution < -0.4 is 11.1 Å². The fraction of sp³-hybridized carbons (Fsp3) is 0.889. The summed E-state index contributed by atoms with van der Waals surface area (Å²) in [5.41, 5.74) is 5.27. The molecule has 0 radical (unpaired) electrons. The van der Waals surface area contributed by atoms with E-state index in [4.69, 9.17) is 5.73 Å². The summed E-state index contributed by atoms with van der Waals surface area (Å²) in [6.07, 6.45) is 3.66. The molecule has 1 fully saturated rings. The second kappa shape index (κ2) is 3.44. The Morgan fingerprint density at radius 2 is 2.00 bits per heavy atom. The molecule has 0 spiro atoms. The SMILES string of the molecule is CCC(N)(CC)C(=O)NC1CC1. The van der Waals surface area contributed by atoms with Crippen LogP contribution in [0.15, 0.2) is 0 Å². The predicted molar refractivity (Wildman–Crippen MR) is 48.7 cm³/mol. The molecule has 0 heterocycles. The van der Waals surface area contributed by atoms with E-state index >= 15 is 0 Å². The molecule has 1 aliphatic rings. The van der Waals surface area contributed by atoms with Gasteiger partial charge in [0.25, 0.3) is 0 Å². The van der Waals surface area contributed by atoms with Gasteiger partial charge in [-0.2, -0.15) is 0 Å². The van der Waals surface area contributed by atoms with Crippen LogP contribution in [0.4, 0.5) is 0 Å². The summed E-state index contributed by atoms with van der Waals surface area (Å²) in [4.78, 5) is 11.5. The third kappa shape index (κ3) is 1.97. The number of nitrogens with one attached hydrogen (secondary N) is 1. The maximum atomic E-state index is 11.5. The molecule has 0 unspecified atom stereocenters. The number of carbonyl (C=O) groups excluding carboxylic acids is 1. The van der Waals surface area contributed by atoms with Gasteiger partial charge in [-0.05, 0) is 25.7 Å². The highest BCUT2D eigenvalue weighted by molar-refractivity contribution is 5.86. The number of rotatable bonds is 4. The molecular formula is C9H18N2O. The lowest BCUT2D eigenvalue weighted by molar-refractivity contribution is -0.126. The summed E-state index contributed by atoms with van der Waals surface area (Å²) in [6, 6.07) is 0.415. The van der Waals surface area contributed by atoms with E-state index in [9.17, 15) is 4.79 Å². The van der Waals surface area contributed by atoms with Crippen LogP contribution in [0.1, 0.15) is 39.5 Å². The van der Waals surface area contributed by atoms with Gasteiger partial charge < -0.3 is 11.1 Å². The second-order valence-electron chi connectivity index (χ2n) is 3.61. The van der Waals surface area contributed by atoms with Gasteiger partial charge in [0.1, 0.15) is 0 Å². The van der Waals surface area contributed by atoms with Crippen molar-refractivity contribution < 1.29 is 4.79 Å². The van der Waals surface area contributed by atoms with Crippen molar-refractivity contribution in [2.45, 2.75) is 51.1 Å². The molecule has 0 saturated heterocycles. The Balaban J connectivity index is 2.45. The maximum Gasteiger partial charge on any atom is 0.240 e. The largest absolute Gasteiger partial charge is 0.352 e. The van der Waals surface area contributed by atoms with Crippen LogP contribution in [-0.2, 0) is 4.79 Å². The lowest BCUT2D eigenvalue weighted by Crippen LogP contribution is -2.53. The van der Waals surface area contributed by atoms with Crippen LogP contribution >= 0.6 is 0 Å². The zero-order valence-corrected chi connectivity index (χ0v) is 7.89. The topological polar surface area (TPSA) is 55.1 Å². The molecule has 0 aliphatic heterocycles. The Bertz CT molecular complexity index is 171. The first-order valence-electron chi connectivity index (χ1n) is 4.72. The van der Waals surface area contributed by atoms with Gasteiger partial charge in [0.2, 0.25) is 5.91 Å². The zero-order chi connectivity index (χ0) is 9.19. The van der Waals surface area contributed by atoms with Crippen molar-refractivity contribution in [3.8, 4) is 0 Å². The minimum absolute atomic E-state index is 0.0231. The first-order valence-corrected chi connectivity index (χ1v) is 4.72. The highest BCUT2D eigenvalue weighted by Crippen LogP contribution is 2.21. The predicted octanol–water partition coefficient (Wildman–Crippen LogP) is 0.782. The first kappa shape index (κ1) is 9.52. The number of nitrogens with two attached hydrogens (primary N) is 1. The van der Waals surface area contributed by atoms with Crippen LogP contribution in [0.3, 0.4) is 0 Å². The number of carbonyl (C=O) groups is 1. The van der Waals surface area contributed by atoms with Gasteiger partial charge in [0.05, 0.1) is 5.54 Å². The molecule has 1 aliphatic carbocycles. The molecule has 1 amide bonds. The molecule has 3 N–H and O–H groups in total. The molecule has 3 heteroatoms. The fourth-order valence-corrected chi connectivity index (χ4v) is 1.13. The van der Waals surface area contributed by atoms with E-state index in [-0.39, 0.29) is 5.91 Å². The fourth-order valence-electron chi connectivity index (χ4n) is 1.13. The average Bonchev–Trinajstić information content (AvgIpc) is 2.86. The third-order valence-electron chi connectivity index (χ3n) is 2.63. The van der Waals surface area contributed by atoms with Gasteiger partial charge in [0, 0.05) is 6.04 Å². The van der Waals surface area contributed by atoms with Crippen LogP contribution in [0.25, 0.3) is 0 Å². The third-order valence-corrected chi connectivity index (χ3v) is 2.63. The van der Waals surface area contributed by atoms with E-state index in [0.29, 0.717) is 18.9 Å². The van der Waals surface area contributed by atoms with Crippen molar-refractivity contribution in [2.24, 2.45) is 5.73 Å². The summed E-state index contributed by atoms with van der Waals surface area (Å²) in [6.45, 7) is 3.91. The highest BCUT2D eigenvalue weighted by atomic mass is 16.2. The number of hydrogen-bond acceptors (Lipinski definition) is 2. The lowest BCUT2D eigenvalue weighted by atomic mass is 9.93. The monoisotopic (exact) mass is 170 g/mol. The Morgan fingerprint density at radius 1 is 1.50 bits per heavy atom. The summed E-state index contributed by atoms with van der Waals surface area (Å²) < 4.78 is 0. The Hall–Kier alpha value is -0.570. The first-order chi connectivity index (χ1) is 5.62. The molecule has 1 rings (SSSR count). The standard InChI is InChI=1S/C9H18N2O/c1-3-9(10,4-2)8(12)11-7-5-6-7/h7H,3-6,10H2,1-2H3,(H,11,12). The van der Waals surface area contributed by atoms with Crippen LogP contribution in [0, 0.1) is 0 Å². The van der Waals surface area contributed by atoms with E-state index < -0.39 is 5.54 Å². The minimum Gasteiger partial charge on any atom is -0.352 e. The smallest absolute Gasteiger partial charge is 0.240 e. The summed E-state index contributed by atoms with van der Waals surface area (Å²) >= 11 is 0. The zero-order valence-electron chi connectivity index (χ0n) is 7.89. The van der Waals surface area contributed by atoms with Crippen molar-refractivity contribution >= 4 is 5.91 Å². The molecule has 12 heavy (non-hydrogen) atoms. The average molecular weight is 170 g/mol. The molecule has 3 nitrogen and oxygen atoms in total. The number of amides is 1. The lowest BCUT2D eigenvalue weighted by Gasteiger charge is -2.25. The van der Waals surface area contributed by atoms with Crippen molar-refractivity contribution in [3.63, 3.8) is 0 Å². The molecule has 0 atom stereocenters. The minimum atomic E-state index is -0.636. The number of hydrogen-bond donors (Lipinski definition) is 2. The van der Waals surface area contributed by atoms with Gasteiger partial charge in [-0.1, -0.05) is 13.8 Å². The normalized spacial score (nSPS) is 17.6. The van der Waals surface area contributed by atoms with Gasteiger partial charge in [-0.25, -0.2) is 0 Å². The van der Waals surface area contributed by atoms with Gasteiger partial charge in [-0.3, -0.25) is 4.79 Å². The van der Waals surface area contributed by atoms with Crippen molar-refractivity contribution in [2.75, 3.05) is 0 Å². The summed E-state index contributed by atoms with van der Waals surface area (Å²) in [5.74, 6) is 0.0231. The molecule has 0 aromatic heterocycles. The second-order valence-corrected chi connectivity index (χ2v) is 3.61. The van der Waals surface area contributed by atoms with E-state index in [1.807, 2.05) is 13.8 Å². The van der Waals surface area contributed by atoms with E-state index in [1.54, 1.807) is 0 Å². The quantitative estimate of drug-likeness (QED) is 0.655. The van der Waals surface area contributed by atoms with E-state index in [2.05, 4.69) is 5.32 Å². The molecule has 1 saturated carbocycles. The van der Waals surface area contributed by atoms with Gasteiger partial charge in [0.15, 0.2) is 0 Å². The molecule has 70 valence electrons. The highest BCUT2D eigenvalue weighted by Gasteiger charge is 2.33. The van der Waals surface area contributed by atoms with Crippen LogP contribution in [0.5, 0.6) is 0 Å². The summed E-state index contributed by atoms with van der Waals surface area (Å²) in [7, 11) is 0. The van der Waals surface area contributed by atoms with Crippen LogP contribution in [0.2, 0.25) is 0 Å². The van der Waals surface area contributed by atoms with E-state index in [0.717, 1.165) is 12.8 Å². The maximum absolute atomic E-state index is 11.5. The summed E-state index contributed by atoms with van der Waals surface area (Å²) in [5, 5.41) is 2.93. The van der Waals surface area contributed by atoms with Gasteiger partial charge in [-0.15, -0.1) is 0 Å². The molecule has 0 aromatic rings. The van der Waals surface area contributed by atoms with Crippen molar-refractivity contribution in [3.05, 3.63) is 0 Å². The Labute approximate surface area is 73.7 Å². The van der Waals surface area contributed by atoms with E-state index in [1.165, 1.54) is 0 Å². The molecule has 0 bridgehead atoms. The van der Waals surface area contributed by atoms with Gasteiger partial charge >= 0.3 is 0 Å².